The number of nitrogens with zero attached hydrogens (tertiary/aromatic N) is 3. The van der Waals surface area contributed by atoms with Crippen LogP contribution in [0.1, 0.15) is 41.4 Å². The first-order chi connectivity index (χ1) is 12.2. The van der Waals surface area contributed by atoms with Gasteiger partial charge in [-0.1, -0.05) is 41.6 Å². The van der Waals surface area contributed by atoms with Gasteiger partial charge in [-0.25, -0.2) is 4.39 Å². The quantitative estimate of drug-likeness (QED) is 0.745. The molecule has 0 amide bonds. The summed E-state index contributed by atoms with van der Waals surface area (Å²) in [6.45, 7) is 2.38. The number of benzene rings is 2. The normalized spacial score (nSPS) is 11.9. The highest BCUT2D eigenvalue weighted by atomic mass is 19.1. The van der Waals surface area contributed by atoms with E-state index in [0.717, 1.165) is 11.1 Å². The van der Waals surface area contributed by atoms with Gasteiger partial charge in [0.1, 0.15) is 11.9 Å². The number of hydrogen-bond acceptors (Lipinski definition) is 5. The van der Waals surface area contributed by atoms with E-state index in [-0.39, 0.29) is 11.6 Å². The molecule has 3 rings (SSSR count). The summed E-state index contributed by atoms with van der Waals surface area (Å²) in [5.74, 6) is 0.610. The van der Waals surface area contributed by atoms with Crippen molar-refractivity contribution in [2.75, 3.05) is 0 Å². The Bertz CT molecular complexity index is 886. The predicted molar refractivity (Wildman–Crippen MR) is 89.9 cm³/mol. The van der Waals surface area contributed by atoms with Gasteiger partial charge in [-0.3, -0.25) is 0 Å². The van der Waals surface area contributed by atoms with Crippen molar-refractivity contribution >= 4 is 0 Å². The maximum absolute atomic E-state index is 13.3. The second kappa shape index (κ2) is 7.69. The molecular formula is C19H17FN4O. The molecule has 1 heterocycles. The van der Waals surface area contributed by atoms with E-state index in [1.54, 1.807) is 6.07 Å². The van der Waals surface area contributed by atoms with E-state index in [0.29, 0.717) is 24.7 Å². The topological polar surface area (TPSA) is 74.7 Å². The fourth-order valence-corrected chi connectivity index (χ4v) is 2.42. The number of hydrogen-bond donors (Lipinski definition) is 1. The van der Waals surface area contributed by atoms with Gasteiger partial charge in [-0.15, -0.1) is 0 Å². The van der Waals surface area contributed by atoms with E-state index in [9.17, 15) is 4.39 Å². The first-order valence-electron chi connectivity index (χ1n) is 7.94. The fourth-order valence-electron chi connectivity index (χ4n) is 2.42. The molecule has 126 valence electrons. The molecule has 0 fully saturated rings. The fraction of sp³-hybridized carbons (Fsp3) is 0.211. The largest absolute Gasteiger partial charge is 0.338 e. The van der Waals surface area contributed by atoms with Crippen LogP contribution in [0.4, 0.5) is 4.39 Å². The molecule has 1 N–H and O–H groups in total. The molecule has 0 aliphatic heterocycles. The van der Waals surface area contributed by atoms with Crippen LogP contribution in [-0.2, 0) is 13.0 Å². The summed E-state index contributed by atoms with van der Waals surface area (Å²) in [7, 11) is 0. The smallest absolute Gasteiger partial charge is 0.243 e. The lowest BCUT2D eigenvalue weighted by molar-refractivity contribution is 0.336. The maximum Gasteiger partial charge on any atom is 0.243 e. The summed E-state index contributed by atoms with van der Waals surface area (Å²) in [6.07, 6.45) is 0.612. The van der Waals surface area contributed by atoms with E-state index in [1.165, 1.54) is 12.1 Å². The van der Waals surface area contributed by atoms with Crippen molar-refractivity contribution in [2.45, 2.75) is 25.9 Å². The molecule has 0 saturated carbocycles. The van der Waals surface area contributed by atoms with Gasteiger partial charge < -0.3 is 9.84 Å². The average Bonchev–Trinajstić information content (AvgIpc) is 3.10. The molecule has 0 bridgehead atoms. The standard InChI is InChI=1S/C19H17FN4O/c1-13(22-12-15-7-8-17(20)16(9-15)11-21)19-23-18(24-25-19)10-14-5-3-2-4-6-14/h2-9,13,22H,10,12H2,1H3/t13-/m0/s1. The molecule has 0 radical (unpaired) electrons. The minimum atomic E-state index is -0.512. The van der Waals surface area contributed by atoms with Crippen molar-refractivity contribution in [2.24, 2.45) is 0 Å². The molecule has 0 spiro atoms. The minimum absolute atomic E-state index is 0.0369. The third-order valence-electron chi connectivity index (χ3n) is 3.82. The van der Waals surface area contributed by atoms with Gasteiger partial charge in [0.2, 0.25) is 5.89 Å². The van der Waals surface area contributed by atoms with Crippen molar-refractivity contribution in [3.05, 3.63) is 82.8 Å². The van der Waals surface area contributed by atoms with Crippen molar-refractivity contribution in [1.82, 2.24) is 15.5 Å². The molecule has 1 atom stereocenters. The summed E-state index contributed by atoms with van der Waals surface area (Å²) < 4.78 is 18.7. The number of nitrogens with one attached hydrogen (secondary N) is 1. The highest BCUT2D eigenvalue weighted by Gasteiger charge is 2.14. The van der Waals surface area contributed by atoms with Crippen LogP contribution in [0.25, 0.3) is 0 Å². The van der Waals surface area contributed by atoms with Gasteiger partial charge in [0, 0.05) is 13.0 Å². The Kier molecular flexibility index (Phi) is 5.17. The number of halogens is 1. The van der Waals surface area contributed by atoms with Crippen LogP contribution < -0.4 is 5.32 Å². The van der Waals surface area contributed by atoms with Gasteiger partial charge >= 0.3 is 0 Å². The van der Waals surface area contributed by atoms with E-state index in [1.807, 2.05) is 43.3 Å². The molecule has 0 aliphatic rings. The van der Waals surface area contributed by atoms with Crippen LogP contribution in [0.15, 0.2) is 53.1 Å². The molecule has 3 aromatic rings. The number of rotatable bonds is 6. The van der Waals surface area contributed by atoms with Gasteiger partial charge in [0.15, 0.2) is 5.82 Å². The SMILES string of the molecule is C[C@H](NCc1ccc(F)c(C#N)c1)c1nc(Cc2ccccc2)no1. The second-order valence-electron chi connectivity index (χ2n) is 5.74. The summed E-state index contributed by atoms with van der Waals surface area (Å²) >= 11 is 0. The predicted octanol–water partition coefficient (Wildman–Crippen LogP) is 3.52. The van der Waals surface area contributed by atoms with Crippen LogP contribution in [0.2, 0.25) is 0 Å². The monoisotopic (exact) mass is 336 g/mol. The van der Waals surface area contributed by atoms with Crippen molar-refractivity contribution in [1.29, 1.82) is 5.26 Å². The van der Waals surface area contributed by atoms with E-state index in [2.05, 4.69) is 15.5 Å². The molecule has 2 aromatic carbocycles. The Labute approximate surface area is 145 Å². The Hall–Kier alpha value is -3.04. The molecule has 1 aromatic heterocycles. The van der Waals surface area contributed by atoms with Crippen LogP contribution >= 0.6 is 0 Å². The summed E-state index contributed by atoms with van der Waals surface area (Å²) in [6, 6.07) is 16.1. The Morgan fingerprint density at radius 2 is 2.00 bits per heavy atom. The first kappa shape index (κ1) is 16.8. The molecule has 5 nitrogen and oxygen atoms in total. The third-order valence-corrected chi connectivity index (χ3v) is 3.82. The average molecular weight is 336 g/mol. The first-order valence-corrected chi connectivity index (χ1v) is 7.94. The van der Waals surface area contributed by atoms with Gasteiger partial charge in [-0.2, -0.15) is 10.2 Å². The lowest BCUT2D eigenvalue weighted by Crippen LogP contribution is -2.18. The minimum Gasteiger partial charge on any atom is -0.338 e. The van der Waals surface area contributed by atoms with E-state index < -0.39 is 5.82 Å². The zero-order chi connectivity index (χ0) is 17.6. The lowest BCUT2D eigenvalue weighted by atomic mass is 10.1. The van der Waals surface area contributed by atoms with Crippen LogP contribution in [0.5, 0.6) is 0 Å². The molecule has 0 unspecified atom stereocenters. The summed E-state index contributed by atoms with van der Waals surface area (Å²) in [5.41, 5.74) is 1.97. The van der Waals surface area contributed by atoms with E-state index in [4.69, 9.17) is 9.78 Å². The van der Waals surface area contributed by atoms with Gasteiger partial charge in [-0.05, 0) is 30.2 Å². The Morgan fingerprint density at radius 1 is 1.20 bits per heavy atom. The van der Waals surface area contributed by atoms with Crippen LogP contribution in [0, 0.1) is 17.1 Å². The molecule has 25 heavy (non-hydrogen) atoms. The Balaban J connectivity index is 1.60. The van der Waals surface area contributed by atoms with Crippen molar-refractivity contribution < 1.29 is 8.91 Å². The van der Waals surface area contributed by atoms with Crippen LogP contribution in [-0.4, -0.2) is 10.1 Å². The summed E-state index contributed by atoms with van der Waals surface area (Å²) in [5, 5.41) is 16.1. The van der Waals surface area contributed by atoms with Crippen molar-refractivity contribution in [3.63, 3.8) is 0 Å². The van der Waals surface area contributed by atoms with Gasteiger partial charge in [0.05, 0.1) is 11.6 Å². The highest BCUT2D eigenvalue weighted by molar-refractivity contribution is 5.34. The number of aromatic nitrogens is 2. The van der Waals surface area contributed by atoms with Crippen molar-refractivity contribution in [3.8, 4) is 6.07 Å². The second-order valence-corrected chi connectivity index (χ2v) is 5.74. The zero-order valence-electron chi connectivity index (χ0n) is 13.7. The zero-order valence-corrected chi connectivity index (χ0v) is 13.7. The molecule has 6 heteroatoms. The lowest BCUT2D eigenvalue weighted by Gasteiger charge is -2.09. The van der Waals surface area contributed by atoms with Crippen LogP contribution in [0.3, 0.4) is 0 Å². The highest BCUT2D eigenvalue weighted by Crippen LogP contribution is 2.14. The number of nitriles is 1. The summed E-state index contributed by atoms with van der Waals surface area (Å²) in [4.78, 5) is 4.41. The van der Waals surface area contributed by atoms with Gasteiger partial charge in [0.25, 0.3) is 0 Å². The Morgan fingerprint density at radius 3 is 2.76 bits per heavy atom. The molecular weight excluding hydrogens is 319 g/mol. The third kappa shape index (κ3) is 4.28. The maximum atomic E-state index is 13.3. The molecule has 0 aliphatic carbocycles. The molecule has 0 saturated heterocycles. The van der Waals surface area contributed by atoms with E-state index >= 15 is 0 Å².